The van der Waals surface area contributed by atoms with Crippen molar-refractivity contribution in [3.8, 4) is 0 Å². The zero-order chi connectivity index (χ0) is 13.6. The second-order valence-corrected chi connectivity index (χ2v) is 4.18. The lowest BCUT2D eigenvalue weighted by atomic mass is 10.1. The Bertz CT molecular complexity index is 420. The molecule has 0 aliphatic carbocycles. The van der Waals surface area contributed by atoms with E-state index in [9.17, 15) is 4.79 Å². The summed E-state index contributed by atoms with van der Waals surface area (Å²) in [5.74, 6) is -0.928. The van der Waals surface area contributed by atoms with Gasteiger partial charge in [0.25, 0.3) is 0 Å². The van der Waals surface area contributed by atoms with Crippen LogP contribution >= 0.6 is 0 Å². The van der Waals surface area contributed by atoms with E-state index in [2.05, 4.69) is 4.99 Å². The second-order valence-electron chi connectivity index (χ2n) is 4.18. The lowest BCUT2D eigenvalue weighted by Gasteiger charge is -2.04. The molecule has 0 unspecified atom stereocenters. The third-order valence-electron chi connectivity index (χ3n) is 2.37. The number of aliphatic carboxylic acids is 1. The van der Waals surface area contributed by atoms with Crippen LogP contribution in [0, 0.1) is 0 Å². The third kappa shape index (κ3) is 5.29. The lowest BCUT2D eigenvalue weighted by molar-refractivity contribution is -0.132. The van der Waals surface area contributed by atoms with Gasteiger partial charge in [0.2, 0.25) is 0 Å². The van der Waals surface area contributed by atoms with E-state index in [0.717, 1.165) is 11.3 Å². The molecule has 0 heterocycles. The molecule has 0 aliphatic rings. The van der Waals surface area contributed by atoms with Crippen LogP contribution in [0.3, 0.4) is 0 Å². The zero-order valence-corrected chi connectivity index (χ0v) is 11.5. The van der Waals surface area contributed by atoms with Crippen LogP contribution < -0.4 is 0 Å². The van der Waals surface area contributed by atoms with Crippen LogP contribution in [0.25, 0.3) is 0 Å². The Morgan fingerprint density at radius 2 is 1.65 bits per heavy atom. The maximum absolute atomic E-state index is 10.8. The van der Waals surface area contributed by atoms with Gasteiger partial charge in [0.05, 0.1) is 5.57 Å². The molecular formula is C14H21NO2. The number of rotatable bonds is 4. The number of hydrogen-bond donors (Lipinski definition) is 1. The Kier molecular flexibility index (Phi) is 6.18. The first-order valence-electron chi connectivity index (χ1n) is 5.57. The fraction of sp³-hybridized carbons (Fsp3) is 0.429. The minimum Gasteiger partial charge on any atom is -0.478 e. The first kappa shape index (κ1) is 15.4. The molecule has 0 atom stereocenters. The molecule has 3 nitrogen and oxygen atoms in total. The predicted molar refractivity (Wildman–Crippen MR) is 72.3 cm³/mol. The highest BCUT2D eigenvalue weighted by molar-refractivity contribution is 6.01. The summed E-state index contributed by atoms with van der Waals surface area (Å²) in [5.41, 5.74) is 3.84. The predicted octanol–water partition coefficient (Wildman–Crippen LogP) is 3.74. The van der Waals surface area contributed by atoms with Gasteiger partial charge in [0, 0.05) is 11.4 Å². The van der Waals surface area contributed by atoms with E-state index in [0.29, 0.717) is 5.70 Å². The Hall–Kier alpha value is -1.64. The Balaban J connectivity index is 5.31. The maximum Gasteiger partial charge on any atom is 0.333 e. The highest BCUT2D eigenvalue weighted by Crippen LogP contribution is 2.10. The van der Waals surface area contributed by atoms with Crippen LogP contribution in [0.15, 0.2) is 39.6 Å². The number of allylic oxidation sites excluding steroid dienone is 5. The largest absolute Gasteiger partial charge is 0.478 e. The smallest absolute Gasteiger partial charge is 0.333 e. The molecule has 0 aromatic carbocycles. The van der Waals surface area contributed by atoms with E-state index in [4.69, 9.17) is 5.11 Å². The average Bonchev–Trinajstić information content (AvgIpc) is 2.23. The van der Waals surface area contributed by atoms with Crippen molar-refractivity contribution < 1.29 is 9.90 Å². The first-order valence-corrected chi connectivity index (χ1v) is 5.57. The van der Waals surface area contributed by atoms with Crippen LogP contribution in [0.2, 0.25) is 0 Å². The third-order valence-corrected chi connectivity index (χ3v) is 2.37. The van der Waals surface area contributed by atoms with Gasteiger partial charge in [-0.3, -0.25) is 4.99 Å². The fourth-order valence-corrected chi connectivity index (χ4v) is 1.26. The van der Waals surface area contributed by atoms with Crippen molar-refractivity contribution in [3.63, 3.8) is 0 Å². The molecule has 1 N–H and O–H groups in total. The normalized spacial score (nSPS) is 14.2. The van der Waals surface area contributed by atoms with Crippen molar-refractivity contribution in [2.45, 2.75) is 41.5 Å². The molecule has 0 spiro atoms. The number of carbonyl (C=O) groups is 1. The highest BCUT2D eigenvalue weighted by Gasteiger charge is 2.05. The molecule has 94 valence electrons. The molecule has 0 fully saturated rings. The lowest BCUT2D eigenvalue weighted by Crippen LogP contribution is -2.01. The van der Waals surface area contributed by atoms with E-state index in [1.807, 2.05) is 39.8 Å². The highest BCUT2D eigenvalue weighted by atomic mass is 16.4. The number of aliphatic imine (C=N–C) groups is 1. The van der Waals surface area contributed by atoms with E-state index in [1.54, 1.807) is 13.8 Å². The molecule has 0 rings (SSSR count). The standard InChI is InChI=1S/C14H21NO2/c1-7-13(8-9(2)3)12(6)15-11(5)10(4)14(16)17/h7-8H,1-6H3,(H,16,17)/b11-10+,13-7+,15-12+. The van der Waals surface area contributed by atoms with Gasteiger partial charge in [-0.2, -0.15) is 0 Å². The van der Waals surface area contributed by atoms with Crippen molar-refractivity contribution in [1.29, 1.82) is 0 Å². The van der Waals surface area contributed by atoms with E-state index >= 15 is 0 Å². The summed E-state index contributed by atoms with van der Waals surface area (Å²) in [5, 5.41) is 8.85. The van der Waals surface area contributed by atoms with E-state index in [1.165, 1.54) is 5.57 Å². The molecule has 0 aliphatic heterocycles. The minimum absolute atomic E-state index is 0.275. The van der Waals surface area contributed by atoms with E-state index in [-0.39, 0.29) is 5.57 Å². The summed E-state index contributed by atoms with van der Waals surface area (Å²) < 4.78 is 0. The molecule has 0 aromatic rings. The van der Waals surface area contributed by atoms with Gasteiger partial charge in [-0.15, -0.1) is 0 Å². The van der Waals surface area contributed by atoms with Crippen LogP contribution in [0.5, 0.6) is 0 Å². The summed E-state index contributed by atoms with van der Waals surface area (Å²) in [6.45, 7) is 11.1. The number of nitrogens with zero attached hydrogens (tertiary/aromatic N) is 1. The molecule has 0 bridgehead atoms. The number of hydrogen-bond acceptors (Lipinski definition) is 2. The van der Waals surface area contributed by atoms with Gasteiger partial charge < -0.3 is 5.11 Å². The van der Waals surface area contributed by atoms with Crippen molar-refractivity contribution in [2.75, 3.05) is 0 Å². The Morgan fingerprint density at radius 3 is 2.00 bits per heavy atom. The summed E-state index contributed by atoms with van der Waals surface area (Å²) in [6.07, 6.45) is 4.00. The van der Waals surface area contributed by atoms with Crippen molar-refractivity contribution >= 4 is 11.7 Å². The Labute approximate surface area is 103 Å². The van der Waals surface area contributed by atoms with Gasteiger partial charge in [-0.05, 0) is 47.1 Å². The topological polar surface area (TPSA) is 49.7 Å². The monoisotopic (exact) mass is 235 g/mol. The molecule has 0 amide bonds. The van der Waals surface area contributed by atoms with Gasteiger partial charge in [0.15, 0.2) is 0 Å². The minimum atomic E-state index is -0.928. The fourth-order valence-electron chi connectivity index (χ4n) is 1.26. The van der Waals surface area contributed by atoms with Crippen LogP contribution in [0.1, 0.15) is 41.5 Å². The average molecular weight is 235 g/mol. The van der Waals surface area contributed by atoms with Crippen LogP contribution in [-0.2, 0) is 4.79 Å². The van der Waals surface area contributed by atoms with E-state index < -0.39 is 5.97 Å². The molecule has 0 radical (unpaired) electrons. The van der Waals surface area contributed by atoms with Gasteiger partial charge >= 0.3 is 5.97 Å². The second kappa shape index (κ2) is 6.84. The quantitative estimate of drug-likeness (QED) is 0.458. The molecule has 0 saturated heterocycles. The van der Waals surface area contributed by atoms with Crippen molar-refractivity contribution in [3.05, 3.63) is 34.6 Å². The summed E-state index contributed by atoms with van der Waals surface area (Å²) in [4.78, 5) is 15.1. The van der Waals surface area contributed by atoms with Gasteiger partial charge in [-0.25, -0.2) is 4.79 Å². The molecular weight excluding hydrogens is 214 g/mol. The summed E-state index contributed by atoms with van der Waals surface area (Å²) >= 11 is 0. The Morgan fingerprint density at radius 1 is 1.12 bits per heavy atom. The molecule has 0 aromatic heterocycles. The van der Waals surface area contributed by atoms with Crippen molar-refractivity contribution in [2.24, 2.45) is 4.99 Å². The SMILES string of the molecule is C/C=C(C=C(C)C)/C(C)=N/C(C)=C(\C)C(=O)O. The van der Waals surface area contributed by atoms with Crippen LogP contribution in [0.4, 0.5) is 0 Å². The maximum atomic E-state index is 10.8. The van der Waals surface area contributed by atoms with Crippen LogP contribution in [-0.4, -0.2) is 16.8 Å². The number of carboxylic acid groups (broad SMARTS) is 1. The van der Waals surface area contributed by atoms with Gasteiger partial charge in [-0.1, -0.05) is 17.7 Å². The zero-order valence-electron chi connectivity index (χ0n) is 11.5. The number of carboxylic acids is 1. The molecule has 17 heavy (non-hydrogen) atoms. The molecule has 0 saturated carbocycles. The first-order chi connectivity index (χ1) is 7.79. The van der Waals surface area contributed by atoms with Crippen molar-refractivity contribution in [1.82, 2.24) is 0 Å². The van der Waals surface area contributed by atoms with Gasteiger partial charge in [0.1, 0.15) is 0 Å². The summed E-state index contributed by atoms with van der Waals surface area (Å²) in [6, 6.07) is 0. The molecule has 3 heteroatoms. The summed E-state index contributed by atoms with van der Waals surface area (Å²) in [7, 11) is 0.